The van der Waals surface area contributed by atoms with E-state index in [4.69, 9.17) is 0 Å². The van der Waals surface area contributed by atoms with E-state index in [1.807, 2.05) is 30.3 Å². The maximum atomic E-state index is 13.2. The van der Waals surface area contributed by atoms with E-state index in [0.717, 1.165) is 5.56 Å². The van der Waals surface area contributed by atoms with Gasteiger partial charge in [-0.15, -0.1) is 0 Å². The fraction of sp³-hybridized carbons (Fsp3) is 0.150. The van der Waals surface area contributed by atoms with Gasteiger partial charge in [-0.2, -0.15) is 5.10 Å². The van der Waals surface area contributed by atoms with Crippen LogP contribution >= 0.6 is 0 Å². The van der Waals surface area contributed by atoms with Gasteiger partial charge in [-0.25, -0.2) is 4.39 Å². The van der Waals surface area contributed by atoms with Crippen molar-refractivity contribution in [1.29, 1.82) is 0 Å². The summed E-state index contributed by atoms with van der Waals surface area (Å²) < 4.78 is 13.2. The van der Waals surface area contributed by atoms with Gasteiger partial charge >= 0.3 is 0 Å². The van der Waals surface area contributed by atoms with E-state index in [9.17, 15) is 14.0 Å². The van der Waals surface area contributed by atoms with Gasteiger partial charge in [0.25, 0.3) is 5.91 Å². The number of aromatic nitrogens is 2. The molecular weight excluding hydrogens is 347 g/mol. The number of hydrogen-bond acceptors (Lipinski definition) is 3. The number of aryl methyl sites for hydroxylation is 1. The van der Waals surface area contributed by atoms with Crippen LogP contribution in [0.25, 0.3) is 11.3 Å². The molecule has 0 bridgehead atoms. The van der Waals surface area contributed by atoms with E-state index in [1.54, 1.807) is 13.8 Å². The van der Waals surface area contributed by atoms with Gasteiger partial charge in [0.05, 0.1) is 17.5 Å². The van der Waals surface area contributed by atoms with Gasteiger partial charge in [-0.3, -0.25) is 14.7 Å². The second-order valence-electron chi connectivity index (χ2n) is 6.17. The molecule has 0 aliphatic rings. The highest BCUT2D eigenvalue weighted by atomic mass is 19.1. The predicted octanol–water partition coefficient (Wildman–Crippen LogP) is 3.28. The molecule has 3 rings (SSSR count). The molecule has 1 atom stereocenters. The Balaban J connectivity index is 1.69. The molecular formula is C20H19FN4O2. The van der Waals surface area contributed by atoms with Crippen LogP contribution < -0.4 is 10.6 Å². The summed E-state index contributed by atoms with van der Waals surface area (Å²) in [4.78, 5) is 24.9. The Labute approximate surface area is 155 Å². The Bertz CT molecular complexity index is 969. The van der Waals surface area contributed by atoms with Crippen LogP contribution in [0.15, 0.2) is 54.7 Å². The van der Waals surface area contributed by atoms with Crippen molar-refractivity contribution in [3.8, 4) is 11.3 Å². The Kier molecular flexibility index (Phi) is 5.30. The zero-order valence-electron chi connectivity index (χ0n) is 14.9. The van der Waals surface area contributed by atoms with Crippen molar-refractivity contribution in [1.82, 2.24) is 15.5 Å². The highest BCUT2D eigenvalue weighted by molar-refractivity contribution is 6.03. The molecule has 3 N–H and O–H groups in total. The number of carbonyl (C=O) groups is 2. The number of anilines is 1. The van der Waals surface area contributed by atoms with Gasteiger partial charge in [0.2, 0.25) is 5.91 Å². The summed E-state index contributed by atoms with van der Waals surface area (Å²) in [6.45, 7) is 3.27. The van der Waals surface area contributed by atoms with E-state index >= 15 is 0 Å². The molecule has 138 valence electrons. The fourth-order valence-electron chi connectivity index (χ4n) is 2.63. The van der Waals surface area contributed by atoms with E-state index in [0.29, 0.717) is 22.5 Å². The highest BCUT2D eigenvalue weighted by Gasteiger charge is 2.21. The van der Waals surface area contributed by atoms with Crippen LogP contribution in [0, 0.1) is 12.7 Å². The third kappa shape index (κ3) is 4.20. The molecule has 0 spiro atoms. The van der Waals surface area contributed by atoms with Crippen LogP contribution in [0.4, 0.5) is 10.1 Å². The molecule has 6 nitrogen and oxygen atoms in total. The van der Waals surface area contributed by atoms with Crippen LogP contribution in [0.5, 0.6) is 0 Å². The minimum atomic E-state index is -0.791. The lowest BCUT2D eigenvalue weighted by molar-refractivity contribution is -0.117. The van der Waals surface area contributed by atoms with Gasteiger partial charge in [0.1, 0.15) is 11.9 Å². The zero-order valence-corrected chi connectivity index (χ0v) is 14.9. The molecule has 0 radical (unpaired) electrons. The van der Waals surface area contributed by atoms with Gasteiger partial charge in [-0.05, 0) is 37.6 Å². The number of hydrogen-bond donors (Lipinski definition) is 3. The van der Waals surface area contributed by atoms with Gasteiger partial charge in [-0.1, -0.05) is 30.3 Å². The molecule has 1 heterocycles. The average molecular weight is 366 g/mol. The number of H-pyrrole nitrogens is 1. The van der Waals surface area contributed by atoms with Crippen molar-refractivity contribution < 1.29 is 14.0 Å². The number of amides is 2. The Morgan fingerprint density at radius 2 is 1.89 bits per heavy atom. The third-order valence-corrected chi connectivity index (χ3v) is 4.13. The maximum Gasteiger partial charge on any atom is 0.255 e. The number of halogens is 1. The molecule has 0 fully saturated rings. The van der Waals surface area contributed by atoms with Crippen molar-refractivity contribution >= 4 is 17.5 Å². The highest BCUT2D eigenvalue weighted by Crippen LogP contribution is 2.21. The van der Waals surface area contributed by atoms with E-state index in [-0.39, 0.29) is 5.82 Å². The summed E-state index contributed by atoms with van der Waals surface area (Å²) in [6, 6.07) is 12.6. The van der Waals surface area contributed by atoms with Gasteiger partial charge in [0, 0.05) is 11.3 Å². The first-order chi connectivity index (χ1) is 13.0. The van der Waals surface area contributed by atoms with Crippen molar-refractivity contribution in [3.05, 3.63) is 71.7 Å². The summed E-state index contributed by atoms with van der Waals surface area (Å²) in [6.07, 6.45) is 1.42. The smallest absolute Gasteiger partial charge is 0.255 e. The first-order valence-corrected chi connectivity index (χ1v) is 8.42. The lowest BCUT2D eigenvalue weighted by atomic mass is 10.1. The number of carbonyl (C=O) groups excluding carboxylic acids is 2. The maximum absolute atomic E-state index is 13.2. The van der Waals surface area contributed by atoms with Crippen molar-refractivity contribution in [2.75, 3.05) is 5.32 Å². The summed E-state index contributed by atoms with van der Waals surface area (Å²) in [5.41, 5.74) is 2.84. The van der Waals surface area contributed by atoms with Crippen molar-refractivity contribution in [3.63, 3.8) is 0 Å². The molecule has 1 aromatic heterocycles. The van der Waals surface area contributed by atoms with Gasteiger partial charge in [0.15, 0.2) is 0 Å². The molecule has 2 amide bonds. The summed E-state index contributed by atoms with van der Waals surface area (Å²) in [5, 5.41) is 12.1. The Hall–Kier alpha value is -3.48. The lowest BCUT2D eigenvalue weighted by Crippen LogP contribution is -2.41. The number of aromatic amines is 1. The normalized spacial score (nSPS) is 11.7. The SMILES string of the molecule is Cc1cc(F)ccc1NC(=O)C(C)NC(=O)c1cn[nH]c1-c1ccccc1. The molecule has 1 unspecified atom stereocenters. The molecule has 0 saturated heterocycles. The quantitative estimate of drug-likeness (QED) is 0.648. The van der Waals surface area contributed by atoms with Crippen LogP contribution in [-0.2, 0) is 4.79 Å². The Morgan fingerprint density at radius 3 is 2.59 bits per heavy atom. The summed E-state index contributed by atoms with van der Waals surface area (Å²) in [5.74, 6) is -1.19. The van der Waals surface area contributed by atoms with Crippen LogP contribution in [0.3, 0.4) is 0 Å². The van der Waals surface area contributed by atoms with E-state index < -0.39 is 17.9 Å². The first kappa shape index (κ1) is 18.3. The predicted molar refractivity (Wildman–Crippen MR) is 101 cm³/mol. The standard InChI is InChI=1S/C20H19FN4O2/c1-12-10-15(21)8-9-17(12)24-19(26)13(2)23-20(27)16-11-22-25-18(16)14-6-4-3-5-7-14/h3-11,13H,1-2H3,(H,22,25)(H,23,27)(H,24,26). The number of nitrogens with zero attached hydrogens (tertiary/aromatic N) is 1. The first-order valence-electron chi connectivity index (χ1n) is 8.42. The molecule has 0 aliphatic heterocycles. The lowest BCUT2D eigenvalue weighted by Gasteiger charge is -2.15. The molecule has 0 aliphatic carbocycles. The monoisotopic (exact) mass is 366 g/mol. The molecule has 3 aromatic rings. The third-order valence-electron chi connectivity index (χ3n) is 4.13. The fourth-order valence-corrected chi connectivity index (χ4v) is 2.63. The second kappa shape index (κ2) is 7.82. The zero-order chi connectivity index (χ0) is 19.4. The average Bonchev–Trinajstić information content (AvgIpc) is 3.14. The van der Waals surface area contributed by atoms with Crippen molar-refractivity contribution in [2.24, 2.45) is 0 Å². The minimum Gasteiger partial charge on any atom is -0.340 e. The topological polar surface area (TPSA) is 86.9 Å². The number of rotatable bonds is 5. The van der Waals surface area contributed by atoms with Crippen LogP contribution in [0.2, 0.25) is 0 Å². The largest absolute Gasteiger partial charge is 0.340 e. The second-order valence-corrected chi connectivity index (χ2v) is 6.17. The number of benzene rings is 2. The molecule has 2 aromatic carbocycles. The van der Waals surface area contributed by atoms with Crippen LogP contribution in [-0.4, -0.2) is 28.1 Å². The summed E-state index contributed by atoms with van der Waals surface area (Å²) in [7, 11) is 0. The Morgan fingerprint density at radius 1 is 1.15 bits per heavy atom. The number of nitrogens with one attached hydrogen (secondary N) is 3. The minimum absolute atomic E-state index is 0.346. The molecule has 0 saturated carbocycles. The van der Waals surface area contributed by atoms with E-state index in [1.165, 1.54) is 24.4 Å². The summed E-state index contributed by atoms with van der Waals surface area (Å²) >= 11 is 0. The van der Waals surface area contributed by atoms with Crippen LogP contribution in [0.1, 0.15) is 22.8 Å². The van der Waals surface area contributed by atoms with Crippen molar-refractivity contribution in [2.45, 2.75) is 19.9 Å². The molecule has 27 heavy (non-hydrogen) atoms. The van der Waals surface area contributed by atoms with E-state index in [2.05, 4.69) is 20.8 Å². The van der Waals surface area contributed by atoms with Gasteiger partial charge < -0.3 is 10.6 Å². The molecule has 7 heteroatoms.